The smallest absolute Gasteiger partial charge is 0.241 e. The molecule has 0 aliphatic carbocycles. The maximum absolute atomic E-state index is 12.8. The summed E-state index contributed by atoms with van der Waals surface area (Å²) in [6, 6.07) is 0. The lowest BCUT2D eigenvalue weighted by atomic mass is 10.7. The molecule has 1 atom stereocenters. The highest BCUT2D eigenvalue weighted by Gasteiger charge is 2.34. The number of hydrogen-bond acceptors (Lipinski definition) is 4. The number of hydrogen-bond donors (Lipinski definition) is 0. The highest BCUT2D eigenvalue weighted by Crippen LogP contribution is 2.12. The Morgan fingerprint density at radius 3 is 2.82 bits per heavy atom. The van der Waals surface area contributed by atoms with E-state index in [1.54, 1.807) is 6.92 Å². The molecular formula is C4H7FN4O2. The molecule has 1 heterocycles. The molecule has 1 unspecified atom stereocenters. The lowest BCUT2D eigenvalue weighted by Crippen LogP contribution is -2.39. The average molecular weight is 162 g/mol. The Kier molecular flexibility index (Phi) is 1.88. The second kappa shape index (κ2) is 2.69. The topological polar surface area (TPSA) is 62.0 Å². The minimum atomic E-state index is -1.77. The van der Waals surface area contributed by atoms with Gasteiger partial charge in [0.15, 0.2) is 11.4 Å². The normalized spacial score (nSPS) is 22.9. The first kappa shape index (κ1) is 7.70. The van der Waals surface area contributed by atoms with Gasteiger partial charge in [0, 0.05) is 6.54 Å². The Morgan fingerprint density at radius 1 is 1.91 bits per heavy atom. The van der Waals surface area contributed by atoms with Crippen LogP contribution < -0.4 is 0 Å². The molecule has 0 amide bonds. The van der Waals surface area contributed by atoms with Crippen molar-refractivity contribution in [3.63, 3.8) is 0 Å². The molecule has 1 aliphatic rings. The van der Waals surface area contributed by atoms with Crippen LogP contribution in [0.2, 0.25) is 0 Å². The van der Waals surface area contributed by atoms with Gasteiger partial charge in [-0.15, -0.1) is 0 Å². The molecule has 1 aliphatic heterocycles. The van der Waals surface area contributed by atoms with E-state index in [-0.39, 0.29) is 0 Å². The van der Waals surface area contributed by atoms with Crippen LogP contribution >= 0.6 is 0 Å². The number of alkyl halides is 1. The van der Waals surface area contributed by atoms with Crippen molar-refractivity contribution in [1.82, 2.24) is 10.0 Å². The van der Waals surface area contributed by atoms with Crippen molar-refractivity contribution in [1.29, 1.82) is 0 Å². The van der Waals surface area contributed by atoms with Gasteiger partial charge in [0.25, 0.3) is 0 Å². The molecule has 62 valence electrons. The van der Waals surface area contributed by atoms with E-state index in [1.165, 1.54) is 0 Å². The minimum Gasteiger partial charge on any atom is -0.241 e. The summed E-state index contributed by atoms with van der Waals surface area (Å²) in [5.74, 6) is 0. The van der Waals surface area contributed by atoms with Crippen LogP contribution in [-0.4, -0.2) is 34.4 Å². The van der Waals surface area contributed by atoms with Gasteiger partial charge < -0.3 is 0 Å². The monoisotopic (exact) mass is 162 g/mol. The molecule has 0 saturated heterocycles. The second-order valence-electron chi connectivity index (χ2n) is 1.92. The predicted molar refractivity (Wildman–Crippen MR) is 34.6 cm³/mol. The van der Waals surface area contributed by atoms with E-state index in [0.717, 1.165) is 11.3 Å². The summed E-state index contributed by atoms with van der Waals surface area (Å²) in [6.07, 6.45) is -0.913. The molecule has 0 aromatic rings. The average Bonchev–Trinajstić information content (AvgIpc) is 2.30. The third-order valence-corrected chi connectivity index (χ3v) is 1.30. The molecular weight excluding hydrogens is 155 g/mol. The van der Waals surface area contributed by atoms with E-state index in [2.05, 4.69) is 5.10 Å². The first-order chi connectivity index (χ1) is 5.16. The quantitative estimate of drug-likeness (QED) is 0.326. The molecule has 11 heavy (non-hydrogen) atoms. The van der Waals surface area contributed by atoms with E-state index < -0.39 is 11.5 Å². The van der Waals surface area contributed by atoms with Crippen LogP contribution in [0.1, 0.15) is 6.92 Å². The summed E-state index contributed by atoms with van der Waals surface area (Å²) in [4.78, 5) is 10.0. The Labute approximate surface area is 62.0 Å². The van der Waals surface area contributed by atoms with Crippen LogP contribution in [0, 0.1) is 10.1 Å². The molecule has 0 bridgehead atoms. The van der Waals surface area contributed by atoms with Crippen molar-refractivity contribution >= 4 is 6.34 Å². The van der Waals surface area contributed by atoms with Crippen molar-refractivity contribution in [3.05, 3.63) is 10.1 Å². The number of hydrazone groups is 1. The highest BCUT2D eigenvalue weighted by molar-refractivity contribution is 5.54. The van der Waals surface area contributed by atoms with Gasteiger partial charge in [0.1, 0.15) is 0 Å². The first-order valence-electron chi connectivity index (χ1n) is 3.04. The van der Waals surface area contributed by atoms with Gasteiger partial charge in [-0.1, -0.05) is 0 Å². The molecule has 0 radical (unpaired) electrons. The fourth-order valence-corrected chi connectivity index (χ4v) is 0.718. The molecule has 6 nitrogen and oxygen atoms in total. The predicted octanol–water partition coefficient (Wildman–Crippen LogP) is 0.0120. The zero-order valence-electron chi connectivity index (χ0n) is 5.85. The van der Waals surface area contributed by atoms with Gasteiger partial charge in [0.05, 0.1) is 0 Å². The van der Waals surface area contributed by atoms with Gasteiger partial charge in [0.2, 0.25) is 0 Å². The highest BCUT2D eigenvalue weighted by atomic mass is 19.1. The number of halogens is 1. The summed E-state index contributed by atoms with van der Waals surface area (Å²) < 4.78 is 12.8. The molecule has 0 fully saturated rings. The third kappa shape index (κ3) is 1.21. The Balaban J connectivity index is 2.63. The molecule has 7 heteroatoms. The molecule has 0 aromatic carbocycles. The van der Waals surface area contributed by atoms with E-state index in [9.17, 15) is 14.5 Å². The fraction of sp³-hybridized carbons (Fsp3) is 0.750. The summed E-state index contributed by atoms with van der Waals surface area (Å²) in [6.45, 7) is 1.97. The number of nitro groups is 1. The lowest BCUT2D eigenvalue weighted by Gasteiger charge is -2.14. The van der Waals surface area contributed by atoms with Crippen LogP contribution in [0.5, 0.6) is 0 Å². The van der Waals surface area contributed by atoms with Gasteiger partial charge in [-0.3, -0.25) is 0 Å². The molecule has 0 spiro atoms. The van der Waals surface area contributed by atoms with E-state index in [0.29, 0.717) is 11.6 Å². The third-order valence-electron chi connectivity index (χ3n) is 1.30. The zero-order chi connectivity index (χ0) is 8.43. The van der Waals surface area contributed by atoms with Crippen LogP contribution in [0.15, 0.2) is 5.10 Å². The Morgan fingerprint density at radius 2 is 2.55 bits per heavy atom. The van der Waals surface area contributed by atoms with E-state index in [1.807, 2.05) is 0 Å². The Bertz CT molecular complexity index is 197. The van der Waals surface area contributed by atoms with Gasteiger partial charge in [-0.05, 0) is 11.9 Å². The van der Waals surface area contributed by atoms with Crippen molar-refractivity contribution in [2.75, 3.05) is 6.54 Å². The fourth-order valence-electron chi connectivity index (χ4n) is 0.718. The maximum Gasteiger partial charge on any atom is 0.323 e. The van der Waals surface area contributed by atoms with Gasteiger partial charge in [-0.25, -0.2) is 15.1 Å². The maximum atomic E-state index is 12.8. The number of nitrogens with zero attached hydrogens (tertiary/aromatic N) is 4. The molecule has 0 N–H and O–H groups in total. The number of hydrazine groups is 1. The van der Waals surface area contributed by atoms with Crippen LogP contribution in [0.4, 0.5) is 4.39 Å². The number of rotatable bonds is 2. The first-order valence-corrected chi connectivity index (χ1v) is 3.04. The van der Waals surface area contributed by atoms with Crippen molar-refractivity contribution in [3.8, 4) is 0 Å². The summed E-state index contributed by atoms with van der Waals surface area (Å²) in [5, 5.41) is 13.9. The minimum absolute atomic E-state index is 0.308. The van der Waals surface area contributed by atoms with Crippen molar-refractivity contribution < 1.29 is 9.42 Å². The van der Waals surface area contributed by atoms with Crippen molar-refractivity contribution in [2.24, 2.45) is 5.10 Å². The second-order valence-corrected chi connectivity index (χ2v) is 1.92. The Hall–Kier alpha value is -1.40. The standard InChI is InChI=1S/C4H7FN4O2/c1-2-7-4(5)8(3-6-7)9(10)11/h3-4H,2H2,1H3. The molecule has 0 aromatic heterocycles. The lowest BCUT2D eigenvalue weighted by molar-refractivity contribution is -0.645. The summed E-state index contributed by atoms with van der Waals surface area (Å²) in [7, 11) is 0. The SMILES string of the molecule is CCN1N=CN([N+](=O)[O-])C1F. The van der Waals surface area contributed by atoms with Crippen LogP contribution in [0.3, 0.4) is 0 Å². The van der Waals surface area contributed by atoms with E-state index >= 15 is 0 Å². The summed E-state index contributed by atoms with van der Waals surface area (Å²) in [5.41, 5.74) is 0. The van der Waals surface area contributed by atoms with Gasteiger partial charge >= 0.3 is 6.42 Å². The molecule has 0 saturated carbocycles. The van der Waals surface area contributed by atoms with E-state index in [4.69, 9.17) is 0 Å². The zero-order valence-corrected chi connectivity index (χ0v) is 5.85. The van der Waals surface area contributed by atoms with Crippen LogP contribution in [-0.2, 0) is 0 Å². The summed E-state index contributed by atoms with van der Waals surface area (Å²) >= 11 is 0. The largest absolute Gasteiger partial charge is 0.323 e. The van der Waals surface area contributed by atoms with Crippen LogP contribution in [0.25, 0.3) is 0 Å². The van der Waals surface area contributed by atoms with Gasteiger partial charge in [-0.2, -0.15) is 9.49 Å². The molecule has 1 rings (SSSR count). The van der Waals surface area contributed by atoms with Crippen molar-refractivity contribution in [2.45, 2.75) is 13.3 Å².